The van der Waals surface area contributed by atoms with Gasteiger partial charge in [0.15, 0.2) is 17.6 Å². The Balaban J connectivity index is 1.87. The molecule has 9 heteroatoms. The van der Waals surface area contributed by atoms with Gasteiger partial charge < -0.3 is 14.2 Å². The number of rotatable bonds is 7. The molecule has 0 bridgehead atoms. The molecule has 0 aliphatic rings. The normalized spacial score (nSPS) is 11.3. The van der Waals surface area contributed by atoms with E-state index < -0.39 is 17.9 Å². The summed E-state index contributed by atoms with van der Waals surface area (Å²) in [5.41, 5.74) is 5.35. The van der Waals surface area contributed by atoms with Gasteiger partial charge in [0.1, 0.15) is 5.75 Å². The van der Waals surface area contributed by atoms with Gasteiger partial charge in [-0.3, -0.25) is 20.4 Å². The summed E-state index contributed by atoms with van der Waals surface area (Å²) in [7, 11) is 3.04. The summed E-state index contributed by atoms with van der Waals surface area (Å²) in [5.74, 6) is 0.444. The van der Waals surface area contributed by atoms with Gasteiger partial charge in [-0.1, -0.05) is 29.3 Å². The molecule has 7 nitrogen and oxygen atoms in total. The lowest BCUT2D eigenvalue weighted by Gasteiger charge is -2.16. The number of hydrogen-bond acceptors (Lipinski definition) is 5. The van der Waals surface area contributed by atoms with Crippen LogP contribution in [0.4, 0.5) is 0 Å². The van der Waals surface area contributed by atoms with Crippen molar-refractivity contribution in [1.82, 2.24) is 10.9 Å². The lowest BCUT2D eigenvalue weighted by atomic mass is 10.1. The average molecular weight is 427 g/mol. The van der Waals surface area contributed by atoms with Crippen LogP contribution < -0.4 is 25.1 Å². The fourth-order valence-corrected chi connectivity index (χ4v) is 2.72. The molecule has 150 valence electrons. The van der Waals surface area contributed by atoms with E-state index in [0.29, 0.717) is 27.8 Å². The second kappa shape index (κ2) is 10.1. The third-order valence-corrected chi connectivity index (χ3v) is 4.24. The number of carbonyl (C=O) groups excluding carboxylic acids is 2. The molecule has 1 atom stereocenters. The van der Waals surface area contributed by atoms with Crippen LogP contribution in [-0.4, -0.2) is 32.1 Å². The van der Waals surface area contributed by atoms with Crippen LogP contribution in [0.15, 0.2) is 36.4 Å². The molecule has 2 aromatic rings. The van der Waals surface area contributed by atoms with E-state index >= 15 is 0 Å². The van der Waals surface area contributed by atoms with E-state index in [9.17, 15) is 9.59 Å². The summed E-state index contributed by atoms with van der Waals surface area (Å²) in [5, 5.41) is 0.738. The summed E-state index contributed by atoms with van der Waals surface area (Å²) in [6.45, 7) is 1.53. The molecule has 0 saturated carbocycles. The van der Waals surface area contributed by atoms with Crippen LogP contribution in [-0.2, 0) is 16.0 Å². The summed E-state index contributed by atoms with van der Waals surface area (Å²) in [6.07, 6.45) is -0.848. The number of nitrogens with one attached hydrogen (secondary N) is 2. The van der Waals surface area contributed by atoms with Gasteiger partial charge in [0.05, 0.1) is 25.7 Å². The van der Waals surface area contributed by atoms with E-state index in [1.807, 2.05) is 0 Å². The fraction of sp³-hybridized carbons (Fsp3) is 0.263. The Bertz CT molecular complexity index is 860. The minimum absolute atomic E-state index is 0.0406. The molecule has 0 fully saturated rings. The maximum atomic E-state index is 12.1. The SMILES string of the molecule is COc1ccc(CC(=O)NNC(=O)[C@@H](C)Oc2ccc(Cl)cc2Cl)cc1OC. The van der Waals surface area contributed by atoms with Crippen molar-refractivity contribution < 1.29 is 23.8 Å². The van der Waals surface area contributed by atoms with Crippen molar-refractivity contribution in [3.05, 3.63) is 52.0 Å². The van der Waals surface area contributed by atoms with Gasteiger partial charge in [0, 0.05) is 5.02 Å². The van der Waals surface area contributed by atoms with E-state index in [1.54, 1.807) is 30.3 Å². The van der Waals surface area contributed by atoms with E-state index in [2.05, 4.69) is 10.9 Å². The first kappa shape index (κ1) is 21.7. The molecule has 0 heterocycles. The monoisotopic (exact) mass is 426 g/mol. The number of benzene rings is 2. The zero-order valence-corrected chi connectivity index (χ0v) is 17.1. The highest BCUT2D eigenvalue weighted by molar-refractivity contribution is 6.35. The topological polar surface area (TPSA) is 85.9 Å². The van der Waals surface area contributed by atoms with Gasteiger partial charge in [-0.15, -0.1) is 0 Å². The molecular formula is C19H20Cl2N2O5. The number of hydrogen-bond donors (Lipinski definition) is 2. The molecule has 0 aromatic heterocycles. The minimum atomic E-state index is -0.889. The van der Waals surface area contributed by atoms with Crippen LogP contribution in [0.25, 0.3) is 0 Å². The Hall–Kier alpha value is -2.64. The molecule has 0 saturated heterocycles. The Kier molecular flexibility index (Phi) is 7.78. The molecule has 2 rings (SSSR count). The van der Waals surface area contributed by atoms with Gasteiger partial charge >= 0.3 is 0 Å². The third-order valence-electron chi connectivity index (χ3n) is 3.70. The van der Waals surface area contributed by atoms with Crippen molar-refractivity contribution in [1.29, 1.82) is 0 Å². The Morgan fingerprint density at radius 1 is 0.964 bits per heavy atom. The number of amides is 2. The van der Waals surface area contributed by atoms with Gasteiger partial charge in [0.25, 0.3) is 5.91 Å². The zero-order chi connectivity index (χ0) is 20.7. The molecule has 2 aromatic carbocycles. The predicted molar refractivity (Wildman–Crippen MR) is 106 cm³/mol. The summed E-state index contributed by atoms with van der Waals surface area (Å²) >= 11 is 11.8. The summed E-state index contributed by atoms with van der Waals surface area (Å²) < 4.78 is 15.8. The molecule has 2 N–H and O–H groups in total. The van der Waals surface area contributed by atoms with E-state index in [4.69, 9.17) is 37.4 Å². The lowest BCUT2D eigenvalue weighted by Crippen LogP contribution is -2.47. The summed E-state index contributed by atoms with van der Waals surface area (Å²) in [4.78, 5) is 24.2. The minimum Gasteiger partial charge on any atom is -0.493 e. The molecule has 0 aliphatic carbocycles. The van der Waals surface area contributed by atoms with Crippen LogP contribution in [0.3, 0.4) is 0 Å². The van der Waals surface area contributed by atoms with E-state index in [1.165, 1.54) is 27.2 Å². The highest BCUT2D eigenvalue weighted by Gasteiger charge is 2.17. The van der Waals surface area contributed by atoms with Crippen molar-refractivity contribution in [2.24, 2.45) is 0 Å². The smallest absolute Gasteiger partial charge is 0.279 e. The first-order valence-electron chi connectivity index (χ1n) is 8.25. The number of hydrazine groups is 1. The second-order valence-corrected chi connectivity index (χ2v) is 6.58. The van der Waals surface area contributed by atoms with Gasteiger partial charge in [-0.05, 0) is 42.8 Å². The van der Waals surface area contributed by atoms with Gasteiger partial charge in [0.2, 0.25) is 5.91 Å². The molecule has 28 heavy (non-hydrogen) atoms. The molecule has 2 amide bonds. The fourth-order valence-electron chi connectivity index (χ4n) is 2.27. The average Bonchev–Trinajstić information content (AvgIpc) is 2.68. The Morgan fingerprint density at radius 2 is 1.64 bits per heavy atom. The highest BCUT2D eigenvalue weighted by atomic mass is 35.5. The van der Waals surface area contributed by atoms with Gasteiger partial charge in [-0.2, -0.15) is 0 Å². The van der Waals surface area contributed by atoms with Crippen LogP contribution in [0, 0.1) is 0 Å². The Labute approximate surface area is 172 Å². The largest absolute Gasteiger partial charge is 0.493 e. The number of halogens is 2. The predicted octanol–water partition coefficient (Wildman–Crippen LogP) is 3.17. The van der Waals surface area contributed by atoms with Crippen molar-refractivity contribution in [2.45, 2.75) is 19.4 Å². The molecule has 0 aliphatic heterocycles. The van der Waals surface area contributed by atoms with Crippen LogP contribution in [0.5, 0.6) is 17.2 Å². The van der Waals surface area contributed by atoms with E-state index in [-0.39, 0.29) is 11.4 Å². The number of methoxy groups -OCH3 is 2. The van der Waals surface area contributed by atoms with E-state index in [0.717, 1.165) is 0 Å². The van der Waals surface area contributed by atoms with Crippen molar-refractivity contribution >= 4 is 35.0 Å². The Morgan fingerprint density at radius 3 is 2.29 bits per heavy atom. The highest BCUT2D eigenvalue weighted by Crippen LogP contribution is 2.28. The third kappa shape index (κ3) is 5.94. The molecule has 0 unspecified atom stereocenters. The molecule has 0 radical (unpaired) electrons. The van der Waals surface area contributed by atoms with Crippen molar-refractivity contribution in [2.75, 3.05) is 14.2 Å². The number of carbonyl (C=O) groups is 2. The summed E-state index contributed by atoms with van der Waals surface area (Å²) in [6, 6.07) is 9.79. The maximum absolute atomic E-state index is 12.1. The van der Waals surface area contributed by atoms with Crippen LogP contribution in [0.1, 0.15) is 12.5 Å². The van der Waals surface area contributed by atoms with Crippen LogP contribution in [0.2, 0.25) is 10.0 Å². The van der Waals surface area contributed by atoms with Crippen molar-refractivity contribution in [3.8, 4) is 17.2 Å². The first-order chi connectivity index (χ1) is 13.3. The molecular weight excluding hydrogens is 407 g/mol. The van der Waals surface area contributed by atoms with Gasteiger partial charge in [-0.25, -0.2) is 0 Å². The first-order valence-corrected chi connectivity index (χ1v) is 9.01. The standard InChI is InChI=1S/C19H20Cl2N2O5/c1-11(28-15-7-5-13(20)10-14(15)21)19(25)23-22-18(24)9-12-4-6-16(26-2)17(8-12)27-3/h4-8,10-11H,9H2,1-3H3,(H,22,24)(H,23,25)/t11-/m1/s1. The number of ether oxygens (including phenoxy) is 3. The second-order valence-electron chi connectivity index (χ2n) is 5.74. The lowest BCUT2D eigenvalue weighted by molar-refractivity contribution is -0.132. The van der Waals surface area contributed by atoms with Crippen LogP contribution >= 0.6 is 23.2 Å². The quantitative estimate of drug-likeness (QED) is 0.664. The zero-order valence-electron chi connectivity index (χ0n) is 15.5. The molecule has 0 spiro atoms. The maximum Gasteiger partial charge on any atom is 0.279 e. The van der Waals surface area contributed by atoms with Crippen molar-refractivity contribution in [3.63, 3.8) is 0 Å².